The molecule has 0 spiro atoms. The van der Waals surface area contributed by atoms with Crippen LogP contribution >= 0.6 is 11.3 Å². The Morgan fingerprint density at radius 2 is 2.36 bits per heavy atom. The van der Waals surface area contributed by atoms with Crippen molar-refractivity contribution >= 4 is 22.4 Å². The van der Waals surface area contributed by atoms with E-state index in [0.29, 0.717) is 13.1 Å². The number of β-amino-alcohol motifs (C(OH)–C–C–N with tert-alkyl or cyclic N) is 1. The second-order valence-electron chi connectivity index (χ2n) is 5.35. The molecule has 1 atom stereocenters. The van der Waals surface area contributed by atoms with Gasteiger partial charge in [-0.3, -0.25) is 9.69 Å². The van der Waals surface area contributed by atoms with E-state index in [1.165, 1.54) is 11.3 Å². The molecule has 118 valence electrons. The molecule has 3 N–H and O–H groups in total. The zero-order chi connectivity index (χ0) is 15.5. The number of anilines is 1. The summed E-state index contributed by atoms with van der Waals surface area (Å²) in [5, 5.41) is 12.6. The summed E-state index contributed by atoms with van der Waals surface area (Å²) in [7, 11) is 0. The second-order valence-corrected chi connectivity index (χ2v) is 6.18. The summed E-state index contributed by atoms with van der Waals surface area (Å²) >= 11 is 1.37. The minimum Gasteiger partial charge on any atom is -0.472 e. The average Bonchev–Trinajstić information content (AvgIpc) is 3.11. The third-order valence-electron chi connectivity index (χ3n) is 3.59. The molecular formula is C14H18N4O3S. The maximum absolute atomic E-state index is 11.1. The summed E-state index contributed by atoms with van der Waals surface area (Å²) in [6.45, 7) is 3.36. The fraction of sp³-hybridized carbons (Fsp3) is 0.429. The van der Waals surface area contributed by atoms with Gasteiger partial charge in [-0.2, -0.15) is 0 Å². The van der Waals surface area contributed by atoms with E-state index in [1.54, 1.807) is 17.9 Å². The van der Waals surface area contributed by atoms with Crippen molar-refractivity contribution in [3.05, 3.63) is 35.2 Å². The number of hydrogen-bond acceptors (Lipinski definition) is 7. The Labute approximate surface area is 132 Å². The minimum absolute atomic E-state index is 0.272. The molecule has 1 amide bonds. The molecule has 1 aliphatic rings. The van der Waals surface area contributed by atoms with Crippen LogP contribution in [-0.4, -0.2) is 53.2 Å². The van der Waals surface area contributed by atoms with Gasteiger partial charge in [0.25, 0.3) is 5.91 Å². The molecule has 0 bridgehead atoms. The van der Waals surface area contributed by atoms with Crippen molar-refractivity contribution < 1.29 is 14.3 Å². The van der Waals surface area contributed by atoms with Crippen molar-refractivity contribution in [3.8, 4) is 0 Å². The van der Waals surface area contributed by atoms with Crippen LogP contribution in [0.5, 0.6) is 0 Å². The number of primary amides is 1. The molecule has 1 fully saturated rings. The lowest BCUT2D eigenvalue weighted by Crippen LogP contribution is -2.33. The lowest BCUT2D eigenvalue weighted by Gasteiger charge is -2.20. The van der Waals surface area contributed by atoms with E-state index >= 15 is 0 Å². The molecule has 8 heteroatoms. The number of aliphatic hydroxyl groups is 1. The van der Waals surface area contributed by atoms with Gasteiger partial charge in [-0.15, -0.1) is 11.3 Å². The second kappa shape index (κ2) is 6.47. The van der Waals surface area contributed by atoms with Gasteiger partial charge in [0.1, 0.15) is 5.69 Å². The van der Waals surface area contributed by atoms with E-state index in [9.17, 15) is 9.90 Å². The Hall–Kier alpha value is -1.90. The van der Waals surface area contributed by atoms with Crippen molar-refractivity contribution in [2.45, 2.75) is 12.6 Å². The van der Waals surface area contributed by atoms with Crippen LogP contribution in [0.25, 0.3) is 0 Å². The number of nitrogens with zero attached hydrogens (tertiary/aromatic N) is 3. The SMILES string of the molecule is NC(=O)c1csc(N2CCN(Cc3ccoc3)CC(O)C2)n1. The van der Waals surface area contributed by atoms with Gasteiger partial charge in [-0.05, 0) is 6.07 Å². The van der Waals surface area contributed by atoms with Crippen molar-refractivity contribution in [3.63, 3.8) is 0 Å². The third kappa shape index (κ3) is 3.46. The molecule has 7 nitrogen and oxygen atoms in total. The number of thiazole rings is 1. The number of rotatable bonds is 4. The Bertz CT molecular complexity index is 628. The molecule has 0 aromatic carbocycles. The molecule has 1 aliphatic heterocycles. The van der Waals surface area contributed by atoms with Gasteiger partial charge in [0, 0.05) is 43.7 Å². The van der Waals surface area contributed by atoms with Gasteiger partial charge in [0.05, 0.1) is 18.6 Å². The van der Waals surface area contributed by atoms with E-state index in [2.05, 4.69) is 9.88 Å². The molecule has 1 unspecified atom stereocenters. The first-order valence-corrected chi connectivity index (χ1v) is 7.91. The van der Waals surface area contributed by atoms with E-state index in [1.807, 2.05) is 11.0 Å². The number of aliphatic hydroxyl groups excluding tert-OH is 1. The highest BCUT2D eigenvalue weighted by Crippen LogP contribution is 2.22. The molecular weight excluding hydrogens is 304 g/mol. The van der Waals surface area contributed by atoms with Gasteiger partial charge in [0.2, 0.25) is 0 Å². The minimum atomic E-state index is -0.528. The first kappa shape index (κ1) is 15.0. The highest BCUT2D eigenvalue weighted by Gasteiger charge is 2.23. The molecule has 0 saturated carbocycles. The van der Waals surface area contributed by atoms with Crippen LogP contribution in [0.15, 0.2) is 28.4 Å². The molecule has 0 radical (unpaired) electrons. The number of amides is 1. The molecule has 0 aliphatic carbocycles. The number of carbonyl (C=O) groups is 1. The quantitative estimate of drug-likeness (QED) is 0.852. The molecule has 3 heterocycles. The van der Waals surface area contributed by atoms with Crippen LogP contribution < -0.4 is 10.6 Å². The molecule has 3 rings (SSSR count). The van der Waals surface area contributed by atoms with Gasteiger partial charge in [0.15, 0.2) is 5.13 Å². The summed E-state index contributed by atoms with van der Waals surface area (Å²) in [5.41, 5.74) is 6.59. The summed E-state index contributed by atoms with van der Waals surface area (Å²) in [6.07, 6.45) is 2.89. The van der Waals surface area contributed by atoms with Crippen molar-refractivity contribution in [2.24, 2.45) is 5.73 Å². The zero-order valence-corrected chi connectivity index (χ0v) is 12.8. The normalized spacial score (nSPS) is 20.0. The largest absolute Gasteiger partial charge is 0.472 e. The van der Waals surface area contributed by atoms with Crippen LogP contribution in [0.3, 0.4) is 0 Å². The van der Waals surface area contributed by atoms with Gasteiger partial charge in [-0.1, -0.05) is 0 Å². The number of furan rings is 1. The van der Waals surface area contributed by atoms with Crippen LogP contribution in [-0.2, 0) is 6.54 Å². The predicted octanol–water partition coefficient (Wildman–Crippen LogP) is 0.518. The smallest absolute Gasteiger partial charge is 0.268 e. The van der Waals surface area contributed by atoms with E-state index in [4.69, 9.17) is 10.2 Å². The topological polar surface area (TPSA) is 95.8 Å². The van der Waals surface area contributed by atoms with Gasteiger partial charge >= 0.3 is 0 Å². The maximum Gasteiger partial charge on any atom is 0.268 e. The highest BCUT2D eigenvalue weighted by molar-refractivity contribution is 7.13. The van der Waals surface area contributed by atoms with Crippen molar-refractivity contribution in [1.82, 2.24) is 9.88 Å². The highest BCUT2D eigenvalue weighted by atomic mass is 32.1. The fourth-order valence-corrected chi connectivity index (χ4v) is 3.39. The predicted molar refractivity (Wildman–Crippen MR) is 82.8 cm³/mol. The Morgan fingerprint density at radius 1 is 1.50 bits per heavy atom. The maximum atomic E-state index is 11.1. The summed E-state index contributed by atoms with van der Waals surface area (Å²) in [4.78, 5) is 19.6. The van der Waals surface area contributed by atoms with Crippen LogP contribution in [0, 0.1) is 0 Å². The number of carbonyl (C=O) groups excluding carboxylic acids is 1. The molecule has 2 aromatic heterocycles. The molecule has 1 saturated heterocycles. The van der Waals surface area contributed by atoms with Crippen LogP contribution in [0.1, 0.15) is 16.1 Å². The van der Waals surface area contributed by atoms with E-state index in [-0.39, 0.29) is 5.69 Å². The summed E-state index contributed by atoms with van der Waals surface area (Å²) < 4.78 is 5.08. The molecule has 22 heavy (non-hydrogen) atoms. The van der Waals surface area contributed by atoms with E-state index in [0.717, 1.165) is 30.3 Å². The van der Waals surface area contributed by atoms with Crippen LogP contribution in [0.2, 0.25) is 0 Å². The van der Waals surface area contributed by atoms with Crippen LogP contribution in [0.4, 0.5) is 5.13 Å². The lowest BCUT2D eigenvalue weighted by atomic mass is 10.3. The lowest BCUT2D eigenvalue weighted by molar-refractivity contribution is 0.0996. The van der Waals surface area contributed by atoms with Crippen molar-refractivity contribution in [1.29, 1.82) is 0 Å². The van der Waals surface area contributed by atoms with Crippen molar-refractivity contribution in [2.75, 3.05) is 31.1 Å². The standard InChI is InChI=1S/C14H18N4O3S/c15-13(20)12-9-22-14(16-12)18-3-2-17(6-11(19)7-18)5-10-1-4-21-8-10/h1,4,8-9,11,19H,2-3,5-7H2,(H2,15,20). The number of aromatic nitrogens is 1. The monoisotopic (exact) mass is 322 g/mol. The Balaban J connectivity index is 1.66. The molecule has 2 aromatic rings. The van der Waals surface area contributed by atoms with Gasteiger partial charge < -0.3 is 20.2 Å². The van der Waals surface area contributed by atoms with E-state index < -0.39 is 12.0 Å². The fourth-order valence-electron chi connectivity index (χ4n) is 2.54. The third-order valence-corrected chi connectivity index (χ3v) is 4.49. The zero-order valence-electron chi connectivity index (χ0n) is 12.0. The first-order chi connectivity index (χ1) is 10.6. The summed E-state index contributed by atoms with van der Waals surface area (Å²) in [5.74, 6) is -0.528. The summed E-state index contributed by atoms with van der Waals surface area (Å²) in [6, 6.07) is 1.93. The average molecular weight is 322 g/mol. The number of hydrogen-bond donors (Lipinski definition) is 2. The Morgan fingerprint density at radius 3 is 3.05 bits per heavy atom. The number of nitrogens with two attached hydrogens (primary N) is 1. The van der Waals surface area contributed by atoms with Gasteiger partial charge in [-0.25, -0.2) is 4.98 Å². The Kier molecular flexibility index (Phi) is 4.41. The first-order valence-electron chi connectivity index (χ1n) is 7.03.